The molecule has 2 aromatic carbocycles. The Balaban J connectivity index is 2.07. The molecule has 1 atom stereocenters. The first-order valence-corrected chi connectivity index (χ1v) is 5.83. The molecule has 2 heteroatoms. The second-order valence-electron chi connectivity index (χ2n) is 4.51. The van der Waals surface area contributed by atoms with Crippen LogP contribution in [0.15, 0.2) is 42.5 Å². The van der Waals surface area contributed by atoms with Crippen molar-refractivity contribution in [1.82, 2.24) is 5.32 Å². The van der Waals surface area contributed by atoms with Gasteiger partial charge in [-0.15, -0.1) is 0 Å². The molecule has 1 aliphatic rings. The maximum Gasteiger partial charge on any atom is 0.123 e. The van der Waals surface area contributed by atoms with Crippen molar-refractivity contribution in [2.24, 2.45) is 0 Å². The number of halogens is 1. The number of fused-ring (bicyclic) bond motifs is 1. The quantitative estimate of drug-likeness (QED) is 0.788. The summed E-state index contributed by atoms with van der Waals surface area (Å²) in [5.74, 6) is -0.156. The van der Waals surface area contributed by atoms with Crippen molar-refractivity contribution in [1.29, 1.82) is 0 Å². The molecule has 0 bridgehead atoms. The maximum absolute atomic E-state index is 13.1. The molecule has 1 heterocycles. The molecular formula is C15H14FN. The standard InChI is InChI=1S/C15H14FN/c1-10-4-2-3-5-13(10)15-14-7-6-12(16)8-11(14)9-17-15/h2-8,15,17H,9H2,1H3. The van der Waals surface area contributed by atoms with Gasteiger partial charge in [-0.3, -0.25) is 0 Å². The van der Waals surface area contributed by atoms with Crippen molar-refractivity contribution in [2.45, 2.75) is 19.5 Å². The number of aryl methyl sites for hydroxylation is 1. The highest BCUT2D eigenvalue weighted by molar-refractivity contribution is 5.43. The molecule has 17 heavy (non-hydrogen) atoms. The lowest BCUT2D eigenvalue weighted by Crippen LogP contribution is -2.14. The van der Waals surface area contributed by atoms with E-state index in [0.29, 0.717) is 0 Å². The number of hydrogen-bond donors (Lipinski definition) is 1. The van der Waals surface area contributed by atoms with Gasteiger partial charge in [0.2, 0.25) is 0 Å². The Morgan fingerprint density at radius 3 is 2.76 bits per heavy atom. The summed E-state index contributed by atoms with van der Waals surface area (Å²) in [6, 6.07) is 13.6. The van der Waals surface area contributed by atoms with E-state index in [0.717, 1.165) is 12.1 Å². The van der Waals surface area contributed by atoms with Crippen molar-refractivity contribution in [3.05, 3.63) is 70.5 Å². The lowest BCUT2D eigenvalue weighted by atomic mass is 9.95. The average Bonchev–Trinajstić information content (AvgIpc) is 2.72. The highest BCUT2D eigenvalue weighted by Gasteiger charge is 2.24. The van der Waals surface area contributed by atoms with Gasteiger partial charge < -0.3 is 5.32 Å². The molecule has 0 fully saturated rings. The molecule has 0 saturated heterocycles. The van der Waals surface area contributed by atoms with Crippen molar-refractivity contribution in [2.75, 3.05) is 0 Å². The van der Waals surface area contributed by atoms with E-state index in [-0.39, 0.29) is 11.9 Å². The van der Waals surface area contributed by atoms with Gasteiger partial charge in [0, 0.05) is 6.54 Å². The van der Waals surface area contributed by atoms with Gasteiger partial charge in [-0.05, 0) is 41.3 Å². The highest BCUT2D eigenvalue weighted by atomic mass is 19.1. The van der Waals surface area contributed by atoms with Gasteiger partial charge in [0.1, 0.15) is 5.82 Å². The molecule has 0 amide bonds. The van der Waals surface area contributed by atoms with Crippen LogP contribution in [0.5, 0.6) is 0 Å². The summed E-state index contributed by atoms with van der Waals surface area (Å²) in [4.78, 5) is 0. The SMILES string of the molecule is Cc1ccccc1C1NCc2cc(F)ccc21. The van der Waals surface area contributed by atoms with Crippen LogP contribution < -0.4 is 5.32 Å². The van der Waals surface area contributed by atoms with Gasteiger partial charge in [0.05, 0.1) is 6.04 Å². The molecule has 0 saturated carbocycles. The van der Waals surface area contributed by atoms with Crippen LogP contribution in [0.2, 0.25) is 0 Å². The van der Waals surface area contributed by atoms with Crippen LogP contribution in [-0.4, -0.2) is 0 Å². The fourth-order valence-electron chi connectivity index (χ4n) is 2.52. The normalized spacial score (nSPS) is 18.1. The minimum absolute atomic E-state index is 0.156. The van der Waals surface area contributed by atoms with E-state index < -0.39 is 0 Å². The number of rotatable bonds is 1. The predicted octanol–water partition coefficient (Wildman–Crippen LogP) is 3.33. The Bertz CT molecular complexity index is 563. The lowest BCUT2D eigenvalue weighted by Gasteiger charge is -2.15. The van der Waals surface area contributed by atoms with Crippen LogP contribution in [0.3, 0.4) is 0 Å². The zero-order valence-electron chi connectivity index (χ0n) is 9.70. The molecule has 1 nitrogen and oxygen atoms in total. The highest BCUT2D eigenvalue weighted by Crippen LogP contribution is 2.32. The number of nitrogens with one attached hydrogen (secondary N) is 1. The lowest BCUT2D eigenvalue weighted by molar-refractivity contribution is 0.625. The van der Waals surface area contributed by atoms with E-state index in [9.17, 15) is 4.39 Å². The van der Waals surface area contributed by atoms with Gasteiger partial charge in [-0.1, -0.05) is 30.3 Å². The summed E-state index contributed by atoms with van der Waals surface area (Å²) in [7, 11) is 0. The topological polar surface area (TPSA) is 12.0 Å². The molecule has 86 valence electrons. The van der Waals surface area contributed by atoms with E-state index in [2.05, 4.69) is 24.4 Å². The van der Waals surface area contributed by atoms with Crippen LogP contribution in [0.25, 0.3) is 0 Å². The largest absolute Gasteiger partial charge is 0.302 e. The first kappa shape index (κ1) is 10.5. The second-order valence-corrected chi connectivity index (χ2v) is 4.51. The second kappa shape index (κ2) is 3.97. The zero-order valence-corrected chi connectivity index (χ0v) is 9.70. The van der Waals surface area contributed by atoms with Crippen molar-refractivity contribution < 1.29 is 4.39 Å². The third-order valence-corrected chi connectivity index (χ3v) is 3.41. The first-order chi connectivity index (χ1) is 8.25. The summed E-state index contributed by atoms with van der Waals surface area (Å²) < 4.78 is 13.1. The number of benzene rings is 2. The minimum atomic E-state index is -0.156. The van der Waals surface area contributed by atoms with E-state index in [1.807, 2.05) is 18.2 Å². The van der Waals surface area contributed by atoms with Gasteiger partial charge >= 0.3 is 0 Å². The molecule has 0 spiro atoms. The third kappa shape index (κ3) is 1.75. The summed E-state index contributed by atoms with van der Waals surface area (Å²) in [5, 5.41) is 3.44. The summed E-state index contributed by atoms with van der Waals surface area (Å²) in [5.41, 5.74) is 4.80. The third-order valence-electron chi connectivity index (χ3n) is 3.41. The molecule has 0 aliphatic carbocycles. The van der Waals surface area contributed by atoms with Crippen LogP contribution in [-0.2, 0) is 6.54 Å². The minimum Gasteiger partial charge on any atom is -0.302 e. The van der Waals surface area contributed by atoms with Crippen LogP contribution in [0.1, 0.15) is 28.3 Å². The molecule has 1 unspecified atom stereocenters. The zero-order chi connectivity index (χ0) is 11.8. The average molecular weight is 227 g/mol. The maximum atomic E-state index is 13.1. The van der Waals surface area contributed by atoms with Crippen molar-refractivity contribution in [3.63, 3.8) is 0 Å². The summed E-state index contributed by atoms with van der Waals surface area (Å²) >= 11 is 0. The van der Waals surface area contributed by atoms with Crippen molar-refractivity contribution in [3.8, 4) is 0 Å². The Morgan fingerprint density at radius 1 is 1.12 bits per heavy atom. The molecular weight excluding hydrogens is 213 g/mol. The van der Waals surface area contributed by atoms with E-state index in [1.165, 1.54) is 22.8 Å². The van der Waals surface area contributed by atoms with E-state index in [4.69, 9.17) is 0 Å². The van der Waals surface area contributed by atoms with Gasteiger partial charge in [-0.25, -0.2) is 4.39 Å². The van der Waals surface area contributed by atoms with E-state index in [1.54, 1.807) is 6.07 Å². The van der Waals surface area contributed by atoms with Gasteiger partial charge in [-0.2, -0.15) is 0 Å². The molecule has 2 aromatic rings. The Morgan fingerprint density at radius 2 is 1.94 bits per heavy atom. The Labute approximate surface area is 100 Å². The fourth-order valence-corrected chi connectivity index (χ4v) is 2.52. The first-order valence-electron chi connectivity index (χ1n) is 5.83. The van der Waals surface area contributed by atoms with Crippen LogP contribution in [0, 0.1) is 12.7 Å². The molecule has 3 rings (SSSR count). The molecule has 0 aromatic heterocycles. The summed E-state index contributed by atoms with van der Waals surface area (Å²) in [6.45, 7) is 2.85. The Kier molecular flexibility index (Phi) is 2.45. The van der Waals surface area contributed by atoms with Crippen LogP contribution in [0.4, 0.5) is 4.39 Å². The number of hydrogen-bond acceptors (Lipinski definition) is 1. The Hall–Kier alpha value is -1.67. The monoisotopic (exact) mass is 227 g/mol. The molecule has 1 aliphatic heterocycles. The summed E-state index contributed by atoms with van der Waals surface area (Å²) in [6.07, 6.45) is 0. The molecule has 1 N–H and O–H groups in total. The molecule has 0 radical (unpaired) electrons. The smallest absolute Gasteiger partial charge is 0.123 e. The van der Waals surface area contributed by atoms with Gasteiger partial charge in [0.15, 0.2) is 0 Å². The van der Waals surface area contributed by atoms with E-state index >= 15 is 0 Å². The van der Waals surface area contributed by atoms with Crippen molar-refractivity contribution >= 4 is 0 Å². The van der Waals surface area contributed by atoms with Crippen LogP contribution >= 0.6 is 0 Å². The fraction of sp³-hybridized carbons (Fsp3) is 0.200. The predicted molar refractivity (Wildman–Crippen MR) is 66.3 cm³/mol. The van der Waals surface area contributed by atoms with Gasteiger partial charge in [0.25, 0.3) is 0 Å².